The molecule has 4 nitrogen and oxygen atoms in total. The van der Waals surface area contributed by atoms with Crippen molar-refractivity contribution in [2.24, 2.45) is 0 Å². The molecule has 0 N–H and O–H groups in total. The molecule has 0 atom stereocenters. The second-order valence-electron chi connectivity index (χ2n) is 5.21. The maximum atomic E-state index is 6.13. The number of ether oxygens (including phenoxy) is 4. The van der Waals surface area contributed by atoms with E-state index in [1.54, 1.807) is 22.7 Å². The summed E-state index contributed by atoms with van der Waals surface area (Å²) in [6.07, 6.45) is 0. The second-order valence-corrected chi connectivity index (χ2v) is 10.1. The summed E-state index contributed by atoms with van der Waals surface area (Å²) in [5.74, 6) is -2.04. The molecular formula is C16H16Br2O4S2. The predicted octanol–water partition coefficient (Wildman–Crippen LogP) is 5.44. The summed E-state index contributed by atoms with van der Waals surface area (Å²) < 4.78 is 26.6. The topological polar surface area (TPSA) is 36.9 Å². The number of fused-ring (bicyclic) bond motifs is 6. The van der Waals surface area contributed by atoms with E-state index in [1.165, 1.54) is 0 Å². The maximum Gasteiger partial charge on any atom is 0.257 e. The molecule has 0 saturated carbocycles. The lowest BCUT2D eigenvalue weighted by Gasteiger charge is -2.44. The molecule has 2 aliphatic heterocycles. The summed E-state index contributed by atoms with van der Waals surface area (Å²) in [6, 6.07) is 4.13. The fourth-order valence-corrected chi connectivity index (χ4v) is 6.85. The molecule has 8 heteroatoms. The van der Waals surface area contributed by atoms with Crippen molar-refractivity contribution in [2.45, 2.75) is 25.4 Å². The smallest absolute Gasteiger partial charge is 0.257 e. The van der Waals surface area contributed by atoms with Gasteiger partial charge in [-0.1, -0.05) is 13.8 Å². The van der Waals surface area contributed by atoms with Crippen LogP contribution in [-0.2, 0) is 30.5 Å². The number of hydrogen-bond donors (Lipinski definition) is 0. The molecule has 2 aromatic heterocycles. The van der Waals surface area contributed by atoms with Crippen LogP contribution < -0.4 is 0 Å². The summed E-state index contributed by atoms with van der Waals surface area (Å²) in [5, 5.41) is 0. The van der Waals surface area contributed by atoms with E-state index in [1.807, 2.05) is 13.8 Å². The van der Waals surface area contributed by atoms with Crippen LogP contribution in [0.5, 0.6) is 0 Å². The van der Waals surface area contributed by atoms with E-state index in [2.05, 4.69) is 44.0 Å². The van der Waals surface area contributed by atoms with E-state index in [0.717, 1.165) is 28.5 Å². The molecule has 2 spiro atoms. The fourth-order valence-electron chi connectivity index (χ4n) is 3.42. The molecule has 3 aliphatic rings. The first-order valence-electron chi connectivity index (χ1n) is 7.82. The Kier molecular flexibility index (Phi) is 4.71. The molecule has 0 radical (unpaired) electrons. The van der Waals surface area contributed by atoms with Crippen molar-refractivity contribution in [2.75, 3.05) is 26.4 Å². The first-order chi connectivity index (χ1) is 11.7. The van der Waals surface area contributed by atoms with Crippen LogP contribution in [0.25, 0.3) is 9.75 Å². The zero-order chi connectivity index (χ0) is 16.9. The van der Waals surface area contributed by atoms with Crippen LogP contribution in [-0.4, -0.2) is 26.4 Å². The Bertz CT molecular complexity index is 694. The molecule has 4 heterocycles. The zero-order valence-electron chi connectivity index (χ0n) is 13.2. The molecule has 5 rings (SSSR count). The molecule has 1 aliphatic carbocycles. The van der Waals surface area contributed by atoms with Crippen LogP contribution >= 0.6 is 54.5 Å². The molecule has 0 amide bonds. The Morgan fingerprint density at radius 1 is 0.750 bits per heavy atom. The van der Waals surface area contributed by atoms with Gasteiger partial charge in [0.15, 0.2) is 0 Å². The first kappa shape index (κ1) is 17.6. The van der Waals surface area contributed by atoms with Gasteiger partial charge in [0.2, 0.25) is 0 Å². The van der Waals surface area contributed by atoms with Gasteiger partial charge in [0, 0.05) is 11.1 Å². The summed E-state index contributed by atoms with van der Waals surface area (Å²) in [5.41, 5.74) is 1.98. The number of rotatable bonds is 0. The van der Waals surface area contributed by atoms with Crippen molar-refractivity contribution in [3.63, 3.8) is 0 Å². The van der Waals surface area contributed by atoms with Crippen molar-refractivity contribution in [1.29, 1.82) is 0 Å². The largest absolute Gasteiger partial charge is 0.339 e. The van der Waals surface area contributed by atoms with Crippen molar-refractivity contribution < 1.29 is 18.9 Å². The Balaban J connectivity index is 0.000000704. The third kappa shape index (κ3) is 2.21. The number of thiophene rings is 2. The van der Waals surface area contributed by atoms with Crippen LogP contribution in [0.1, 0.15) is 25.0 Å². The molecule has 24 heavy (non-hydrogen) atoms. The van der Waals surface area contributed by atoms with Crippen LogP contribution in [0.3, 0.4) is 0 Å². The van der Waals surface area contributed by atoms with Crippen molar-refractivity contribution in [3.8, 4) is 9.75 Å². The average Bonchev–Trinajstić information content (AvgIpc) is 3.33. The van der Waals surface area contributed by atoms with Gasteiger partial charge in [-0.3, -0.25) is 0 Å². The molecule has 2 aromatic rings. The van der Waals surface area contributed by atoms with Gasteiger partial charge in [-0.2, -0.15) is 0 Å². The lowest BCUT2D eigenvalue weighted by molar-refractivity contribution is -0.365. The van der Waals surface area contributed by atoms with Crippen LogP contribution in [0.4, 0.5) is 0 Å². The van der Waals surface area contributed by atoms with Crippen LogP contribution in [0.15, 0.2) is 19.7 Å². The summed E-state index contributed by atoms with van der Waals surface area (Å²) in [4.78, 5) is 2.31. The Morgan fingerprint density at radius 2 is 1.08 bits per heavy atom. The minimum Gasteiger partial charge on any atom is -0.339 e. The van der Waals surface area contributed by atoms with E-state index in [9.17, 15) is 0 Å². The number of hydrogen-bond acceptors (Lipinski definition) is 6. The normalized spacial score (nSPS) is 22.3. The van der Waals surface area contributed by atoms with Crippen molar-refractivity contribution in [1.82, 2.24) is 0 Å². The quantitative estimate of drug-likeness (QED) is 0.487. The first-order valence-corrected chi connectivity index (χ1v) is 11.0. The van der Waals surface area contributed by atoms with Gasteiger partial charge >= 0.3 is 0 Å². The highest BCUT2D eigenvalue weighted by Gasteiger charge is 2.67. The van der Waals surface area contributed by atoms with E-state index in [-0.39, 0.29) is 0 Å². The second kappa shape index (κ2) is 6.42. The van der Waals surface area contributed by atoms with Gasteiger partial charge in [-0.05, 0) is 44.0 Å². The fraction of sp³-hybridized carbons (Fsp3) is 0.500. The molecule has 2 saturated heterocycles. The van der Waals surface area contributed by atoms with E-state index in [0.29, 0.717) is 26.4 Å². The highest BCUT2D eigenvalue weighted by molar-refractivity contribution is 9.11. The maximum absolute atomic E-state index is 6.13. The Morgan fingerprint density at radius 3 is 1.42 bits per heavy atom. The predicted molar refractivity (Wildman–Crippen MR) is 102 cm³/mol. The molecule has 0 bridgehead atoms. The summed E-state index contributed by atoms with van der Waals surface area (Å²) >= 11 is 10.6. The van der Waals surface area contributed by atoms with Crippen molar-refractivity contribution in [3.05, 3.63) is 30.8 Å². The highest BCUT2D eigenvalue weighted by atomic mass is 79.9. The monoisotopic (exact) mass is 494 g/mol. The molecule has 0 unspecified atom stereocenters. The lowest BCUT2D eigenvalue weighted by Crippen LogP contribution is -2.53. The van der Waals surface area contributed by atoms with E-state index < -0.39 is 11.6 Å². The molecule has 0 aromatic carbocycles. The van der Waals surface area contributed by atoms with Gasteiger partial charge in [0.05, 0.1) is 43.8 Å². The summed E-state index contributed by atoms with van der Waals surface area (Å²) in [6.45, 7) is 6.12. The van der Waals surface area contributed by atoms with Gasteiger partial charge in [-0.15, -0.1) is 22.7 Å². The number of halogens is 2. The Labute approximate surface area is 165 Å². The zero-order valence-corrected chi connectivity index (χ0v) is 18.0. The minimum absolute atomic E-state index is 0.530. The molecule has 130 valence electrons. The molecular weight excluding hydrogens is 480 g/mol. The average molecular weight is 496 g/mol. The lowest BCUT2D eigenvalue weighted by atomic mass is 9.85. The van der Waals surface area contributed by atoms with E-state index in [4.69, 9.17) is 18.9 Å². The standard InChI is InChI=1S/C14H10Br2O4S2.C2H6/c15-9-5-7-11(21-9)12-8(6-10(16)22-12)14(19-3-4-20-14)13(7)17-1-2-18-13;1-2/h5-6H,1-4H2;1-2H3. The third-order valence-electron chi connectivity index (χ3n) is 4.14. The Hall–Kier alpha value is 0.200. The summed E-state index contributed by atoms with van der Waals surface area (Å²) in [7, 11) is 0. The van der Waals surface area contributed by atoms with Crippen LogP contribution in [0, 0.1) is 0 Å². The SMILES string of the molecule is Brc1cc2c(s1)-c1sc(Br)cc1C1(OCCO1)C21OCCO1.CC. The minimum atomic E-state index is -1.02. The van der Waals surface area contributed by atoms with Gasteiger partial charge in [-0.25, -0.2) is 0 Å². The highest BCUT2D eigenvalue weighted by Crippen LogP contribution is 2.63. The van der Waals surface area contributed by atoms with Gasteiger partial charge in [0.25, 0.3) is 11.6 Å². The third-order valence-corrected chi connectivity index (χ3v) is 7.58. The van der Waals surface area contributed by atoms with Crippen molar-refractivity contribution >= 4 is 54.5 Å². The molecule has 2 fully saturated rings. The van der Waals surface area contributed by atoms with Gasteiger partial charge in [0.1, 0.15) is 0 Å². The van der Waals surface area contributed by atoms with E-state index >= 15 is 0 Å². The van der Waals surface area contributed by atoms with Crippen LogP contribution in [0.2, 0.25) is 0 Å². The van der Waals surface area contributed by atoms with Gasteiger partial charge < -0.3 is 18.9 Å².